The number of nitrogens with two attached hydrogens (primary N) is 1. The quantitative estimate of drug-likeness (QED) is 0.611. The molecule has 1 atom stereocenters. The summed E-state index contributed by atoms with van der Waals surface area (Å²) in [5.41, 5.74) is 7.24. The van der Waals surface area contributed by atoms with Crippen LogP contribution >= 0.6 is 11.3 Å². The maximum Gasteiger partial charge on any atom is 0.213 e. The first-order valence-corrected chi connectivity index (χ1v) is 10.0. The van der Waals surface area contributed by atoms with Crippen LogP contribution in [-0.2, 0) is 11.3 Å². The van der Waals surface area contributed by atoms with Gasteiger partial charge in [-0.1, -0.05) is 0 Å². The van der Waals surface area contributed by atoms with Gasteiger partial charge in [-0.05, 0) is 11.6 Å². The van der Waals surface area contributed by atoms with E-state index in [1.807, 2.05) is 23.7 Å². The van der Waals surface area contributed by atoms with Crippen LogP contribution in [-0.4, -0.2) is 66.3 Å². The molecular formula is C18H24N6O2S. The fourth-order valence-electron chi connectivity index (χ4n) is 3.16. The molecule has 9 heteroatoms. The first-order chi connectivity index (χ1) is 13.3. The number of anilines is 1. The first kappa shape index (κ1) is 18.0. The van der Waals surface area contributed by atoms with Gasteiger partial charge in [0.05, 0.1) is 19.8 Å². The number of piperazine rings is 1. The zero-order valence-electron chi connectivity index (χ0n) is 15.2. The maximum atomic E-state index is 6.21. The van der Waals surface area contributed by atoms with Gasteiger partial charge in [-0.2, -0.15) is 0 Å². The minimum Gasteiger partial charge on any atom is -0.472 e. The van der Waals surface area contributed by atoms with Crippen molar-refractivity contribution in [3.05, 3.63) is 35.5 Å². The van der Waals surface area contributed by atoms with E-state index in [0.717, 1.165) is 49.9 Å². The van der Waals surface area contributed by atoms with Crippen molar-refractivity contribution in [3.8, 4) is 5.88 Å². The number of rotatable bonds is 5. The summed E-state index contributed by atoms with van der Waals surface area (Å²) in [6, 6.07) is 3.87. The molecular weight excluding hydrogens is 364 g/mol. The Hall–Kier alpha value is -2.39. The van der Waals surface area contributed by atoms with Gasteiger partial charge in [-0.25, -0.2) is 15.0 Å². The summed E-state index contributed by atoms with van der Waals surface area (Å²) in [7, 11) is 0. The fraction of sp³-hybridized carbons (Fsp3) is 0.500. The van der Waals surface area contributed by atoms with Gasteiger partial charge in [0.2, 0.25) is 5.88 Å². The van der Waals surface area contributed by atoms with Crippen molar-refractivity contribution < 1.29 is 9.47 Å². The van der Waals surface area contributed by atoms with Crippen LogP contribution < -0.4 is 15.4 Å². The van der Waals surface area contributed by atoms with E-state index in [4.69, 9.17) is 15.2 Å². The van der Waals surface area contributed by atoms with E-state index in [2.05, 4.69) is 24.8 Å². The average Bonchev–Trinajstić information content (AvgIpc) is 3.41. The van der Waals surface area contributed by atoms with Crippen molar-refractivity contribution in [1.82, 2.24) is 14.9 Å². The minimum atomic E-state index is 0.0930. The summed E-state index contributed by atoms with van der Waals surface area (Å²) in [5, 5.41) is 3.08. The van der Waals surface area contributed by atoms with Crippen molar-refractivity contribution in [1.29, 1.82) is 0 Å². The SMILES string of the molecule is NC(=NCc1ccnc(OC2CCOC2)c1)N1CCN(c2nccs2)CC1. The number of nitrogens with zero attached hydrogens (tertiary/aromatic N) is 5. The summed E-state index contributed by atoms with van der Waals surface area (Å²) < 4.78 is 11.2. The summed E-state index contributed by atoms with van der Waals surface area (Å²) in [6.45, 7) is 5.40. The molecule has 27 heavy (non-hydrogen) atoms. The molecule has 2 aliphatic heterocycles. The minimum absolute atomic E-state index is 0.0930. The van der Waals surface area contributed by atoms with Crippen molar-refractivity contribution >= 4 is 22.4 Å². The Kier molecular flexibility index (Phi) is 5.69. The molecule has 8 nitrogen and oxygen atoms in total. The molecule has 2 fully saturated rings. The molecule has 1 unspecified atom stereocenters. The lowest BCUT2D eigenvalue weighted by molar-refractivity contribution is 0.138. The van der Waals surface area contributed by atoms with Crippen LogP contribution in [0.5, 0.6) is 5.88 Å². The number of thiazole rings is 1. The molecule has 2 N–H and O–H groups in total. The molecule has 2 aromatic heterocycles. The van der Waals surface area contributed by atoms with E-state index in [9.17, 15) is 0 Å². The van der Waals surface area contributed by atoms with Crippen molar-refractivity contribution in [2.75, 3.05) is 44.3 Å². The topological polar surface area (TPSA) is 89.1 Å². The van der Waals surface area contributed by atoms with Gasteiger partial charge < -0.3 is 25.0 Å². The predicted octanol–water partition coefficient (Wildman–Crippen LogP) is 1.34. The van der Waals surface area contributed by atoms with Gasteiger partial charge in [0.15, 0.2) is 11.1 Å². The Morgan fingerprint density at radius 1 is 1.30 bits per heavy atom. The van der Waals surface area contributed by atoms with Gasteiger partial charge in [0.25, 0.3) is 0 Å². The van der Waals surface area contributed by atoms with Crippen LogP contribution in [0.4, 0.5) is 5.13 Å². The Labute approximate surface area is 162 Å². The third kappa shape index (κ3) is 4.67. The van der Waals surface area contributed by atoms with Gasteiger partial charge in [0.1, 0.15) is 6.10 Å². The second-order valence-electron chi connectivity index (χ2n) is 6.57. The highest BCUT2D eigenvalue weighted by Gasteiger charge is 2.20. The average molecular weight is 388 g/mol. The molecule has 4 heterocycles. The van der Waals surface area contributed by atoms with Crippen molar-refractivity contribution in [2.24, 2.45) is 10.7 Å². The summed E-state index contributed by atoms with van der Waals surface area (Å²) >= 11 is 1.67. The standard InChI is InChI=1S/C18H24N6O2S/c19-17(23-5-7-24(8-6-23)18-21-4-10-27-18)22-12-14-1-3-20-16(11-14)26-15-2-9-25-13-15/h1,3-4,10-11,15H,2,5-9,12-13H2,(H2,19,22). The van der Waals surface area contributed by atoms with Crippen LogP contribution in [0.15, 0.2) is 34.9 Å². The van der Waals surface area contributed by atoms with Crippen LogP contribution in [0.2, 0.25) is 0 Å². The number of ether oxygens (including phenoxy) is 2. The lowest BCUT2D eigenvalue weighted by Crippen LogP contribution is -2.51. The van der Waals surface area contributed by atoms with Gasteiger partial charge in [0, 0.05) is 56.4 Å². The summed E-state index contributed by atoms with van der Waals surface area (Å²) in [5.74, 6) is 1.20. The van der Waals surface area contributed by atoms with Crippen LogP contribution in [0, 0.1) is 0 Å². The smallest absolute Gasteiger partial charge is 0.213 e. The zero-order valence-corrected chi connectivity index (χ0v) is 16.0. The highest BCUT2D eigenvalue weighted by atomic mass is 32.1. The Balaban J connectivity index is 1.30. The third-order valence-corrected chi connectivity index (χ3v) is 5.52. The number of aliphatic imine (C=N–C) groups is 1. The Morgan fingerprint density at radius 3 is 2.93 bits per heavy atom. The molecule has 0 aromatic carbocycles. The van der Waals surface area contributed by atoms with Crippen molar-refractivity contribution in [2.45, 2.75) is 19.1 Å². The van der Waals surface area contributed by atoms with Crippen LogP contribution in [0.25, 0.3) is 0 Å². The largest absolute Gasteiger partial charge is 0.472 e. The van der Waals surface area contributed by atoms with Gasteiger partial charge in [-0.3, -0.25) is 0 Å². The Morgan fingerprint density at radius 2 is 2.19 bits per heavy atom. The van der Waals surface area contributed by atoms with Gasteiger partial charge >= 0.3 is 0 Å². The molecule has 2 aromatic rings. The van der Waals surface area contributed by atoms with E-state index in [1.54, 1.807) is 17.5 Å². The molecule has 2 saturated heterocycles. The predicted molar refractivity (Wildman–Crippen MR) is 105 cm³/mol. The molecule has 0 spiro atoms. The second-order valence-corrected chi connectivity index (χ2v) is 7.44. The van der Waals surface area contributed by atoms with E-state index < -0.39 is 0 Å². The second kappa shape index (κ2) is 8.53. The molecule has 0 aliphatic carbocycles. The summed E-state index contributed by atoms with van der Waals surface area (Å²) in [4.78, 5) is 17.6. The van der Waals surface area contributed by atoms with E-state index in [0.29, 0.717) is 25.0 Å². The number of hydrogen-bond donors (Lipinski definition) is 1. The monoisotopic (exact) mass is 388 g/mol. The molecule has 4 rings (SSSR count). The third-order valence-electron chi connectivity index (χ3n) is 4.69. The number of aromatic nitrogens is 2. The molecule has 0 bridgehead atoms. The first-order valence-electron chi connectivity index (χ1n) is 9.16. The zero-order chi connectivity index (χ0) is 18.5. The molecule has 0 saturated carbocycles. The highest BCUT2D eigenvalue weighted by Crippen LogP contribution is 2.19. The lowest BCUT2D eigenvalue weighted by atomic mass is 10.2. The van der Waals surface area contributed by atoms with Crippen molar-refractivity contribution in [3.63, 3.8) is 0 Å². The Bertz CT molecular complexity index is 755. The number of hydrogen-bond acceptors (Lipinski definition) is 7. The fourth-order valence-corrected chi connectivity index (χ4v) is 3.86. The number of guanidine groups is 1. The van der Waals surface area contributed by atoms with Crippen LogP contribution in [0.1, 0.15) is 12.0 Å². The van der Waals surface area contributed by atoms with E-state index in [1.165, 1.54) is 0 Å². The molecule has 2 aliphatic rings. The highest BCUT2D eigenvalue weighted by molar-refractivity contribution is 7.13. The van der Waals surface area contributed by atoms with Crippen LogP contribution in [0.3, 0.4) is 0 Å². The maximum absolute atomic E-state index is 6.21. The number of pyridine rings is 1. The van der Waals surface area contributed by atoms with Gasteiger partial charge in [-0.15, -0.1) is 11.3 Å². The molecule has 0 radical (unpaired) electrons. The van der Waals surface area contributed by atoms with E-state index >= 15 is 0 Å². The van der Waals surface area contributed by atoms with E-state index in [-0.39, 0.29) is 6.10 Å². The normalized spacial score (nSPS) is 20.9. The molecule has 144 valence electrons. The molecule has 0 amide bonds. The summed E-state index contributed by atoms with van der Waals surface area (Å²) in [6.07, 6.45) is 4.59. The lowest BCUT2D eigenvalue weighted by Gasteiger charge is -2.35.